The van der Waals surface area contributed by atoms with Crippen molar-refractivity contribution >= 4 is 16.8 Å². The number of para-hydroxylation sites is 1. The van der Waals surface area contributed by atoms with E-state index in [0.717, 1.165) is 54.4 Å². The van der Waals surface area contributed by atoms with Gasteiger partial charge in [0, 0.05) is 42.5 Å². The van der Waals surface area contributed by atoms with Crippen LogP contribution in [0.2, 0.25) is 0 Å². The Morgan fingerprint density at radius 1 is 1.18 bits per heavy atom. The third-order valence-corrected chi connectivity index (χ3v) is 5.95. The van der Waals surface area contributed by atoms with E-state index in [0.29, 0.717) is 12.0 Å². The highest BCUT2D eigenvalue weighted by Gasteiger charge is 2.27. The molecule has 1 aliphatic rings. The molecule has 1 saturated heterocycles. The van der Waals surface area contributed by atoms with E-state index in [4.69, 9.17) is 0 Å². The molecule has 0 bridgehead atoms. The predicted octanol–water partition coefficient (Wildman–Crippen LogP) is 5.32. The summed E-state index contributed by atoms with van der Waals surface area (Å²) in [6, 6.07) is 11.4. The van der Waals surface area contributed by atoms with Crippen LogP contribution in [0.15, 0.2) is 42.6 Å². The van der Waals surface area contributed by atoms with Gasteiger partial charge in [0.25, 0.3) is 0 Å². The van der Waals surface area contributed by atoms with Crippen LogP contribution in [0.5, 0.6) is 0 Å². The molecule has 0 radical (unpaired) electrons. The van der Waals surface area contributed by atoms with Crippen molar-refractivity contribution in [1.82, 2.24) is 9.88 Å². The summed E-state index contributed by atoms with van der Waals surface area (Å²) in [4.78, 5) is 18.3. The van der Waals surface area contributed by atoms with E-state index in [1.54, 1.807) is 6.07 Å². The fraction of sp³-hybridized carbons (Fsp3) is 0.375. The van der Waals surface area contributed by atoms with Gasteiger partial charge in [0.2, 0.25) is 5.91 Å². The Balaban J connectivity index is 1.81. The minimum absolute atomic E-state index is 0.115. The van der Waals surface area contributed by atoms with Gasteiger partial charge in [-0.25, -0.2) is 4.39 Å². The summed E-state index contributed by atoms with van der Waals surface area (Å²) < 4.78 is 14.8. The maximum Gasteiger partial charge on any atom is 0.223 e. The Labute approximate surface area is 165 Å². The van der Waals surface area contributed by atoms with E-state index in [-0.39, 0.29) is 17.6 Å². The quantitative estimate of drug-likeness (QED) is 0.641. The number of carbonyl (C=O) groups is 1. The Morgan fingerprint density at radius 3 is 2.71 bits per heavy atom. The Morgan fingerprint density at radius 2 is 1.96 bits per heavy atom. The zero-order chi connectivity index (χ0) is 19.7. The lowest BCUT2D eigenvalue weighted by atomic mass is 9.86. The first kappa shape index (κ1) is 18.7. The SMILES string of the molecule is CCc1cccc2c(C(CC(=O)N3CCCC3)c3cc(C)ccc3F)c[nH]c12. The van der Waals surface area contributed by atoms with E-state index in [1.165, 1.54) is 11.6 Å². The molecule has 1 aliphatic heterocycles. The first-order valence-electron chi connectivity index (χ1n) is 10.2. The van der Waals surface area contributed by atoms with E-state index < -0.39 is 0 Å². The number of hydrogen-bond donors (Lipinski definition) is 1. The second-order valence-electron chi connectivity index (χ2n) is 7.81. The number of hydrogen-bond acceptors (Lipinski definition) is 1. The van der Waals surface area contributed by atoms with Gasteiger partial charge in [-0.1, -0.05) is 42.8 Å². The van der Waals surface area contributed by atoms with Crippen molar-refractivity contribution in [1.29, 1.82) is 0 Å². The van der Waals surface area contributed by atoms with Gasteiger partial charge in [0.1, 0.15) is 5.82 Å². The number of nitrogens with zero attached hydrogens (tertiary/aromatic N) is 1. The summed E-state index contributed by atoms with van der Waals surface area (Å²) in [6.07, 6.45) is 5.30. The Kier molecular flexibility index (Phi) is 5.21. The molecule has 1 N–H and O–H groups in total. The van der Waals surface area contributed by atoms with Crippen LogP contribution < -0.4 is 0 Å². The van der Waals surface area contributed by atoms with Gasteiger partial charge in [-0.2, -0.15) is 0 Å². The lowest BCUT2D eigenvalue weighted by molar-refractivity contribution is -0.130. The molecule has 1 aromatic heterocycles. The molecular weight excluding hydrogens is 351 g/mol. The average molecular weight is 378 g/mol. The molecule has 4 rings (SSSR count). The topological polar surface area (TPSA) is 36.1 Å². The van der Waals surface area contributed by atoms with Crippen molar-refractivity contribution in [2.45, 2.75) is 45.4 Å². The number of amides is 1. The normalized spacial score (nSPS) is 15.3. The summed E-state index contributed by atoms with van der Waals surface area (Å²) in [5.41, 5.74) is 4.94. The van der Waals surface area contributed by atoms with E-state index in [1.807, 2.05) is 30.2 Å². The van der Waals surface area contributed by atoms with Crippen LogP contribution >= 0.6 is 0 Å². The maximum atomic E-state index is 14.8. The highest BCUT2D eigenvalue weighted by Crippen LogP contribution is 2.36. The second kappa shape index (κ2) is 7.78. The summed E-state index contributed by atoms with van der Waals surface area (Å²) in [5, 5.41) is 1.08. The largest absolute Gasteiger partial charge is 0.361 e. The van der Waals surface area contributed by atoms with Gasteiger partial charge in [-0.15, -0.1) is 0 Å². The number of benzene rings is 2. The maximum absolute atomic E-state index is 14.8. The molecule has 3 aromatic rings. The third-order valence-electron chi connectivity index (χ3n) is 5.95. The molecule has 1 unspecified atom stereocenters. The van der Waals surface area contributed by atoms with Crippen LogP contribution in [0.1, 0.15) is 54.4 Å². The summed E-state index contributed by atoms with van der Waals surface area (Å²) >= 11 is 0. The monoisotopic (exact) mass is 378 g/mol. The molecule has 1 atom stereocenters. The zero-order valence-electron chi connectivity index (χ0n) is 16.6. The van der Waals surface area contributed by atoms with E-state index in [2.05, 4.69) is 24.0 Å². The van der Waals surface area contributed by atoms with Crippen LogP contribution in [-0.2, 0) is 11.2 Å². The number of fused-ring (bicyclic) bond motifs is 1. The van der Waals surface area contributed by atoms with Crippen LogP contribution in [-0.4, -0.2) is 28.9 Å². The third kappa shape index (κ3) is 3.44. The molecule has 1 fully saturated rings. The highest BCUT2D eigenvalue weighted by molar-refractivity contribution is 5.88. The molecule has 146 valence electrons. The molecule has 3 nitrogen and oxygen atoms in total. The minimum Gasteiger partial charge on any atom is -0.361 e. The first-order valence-corrected chi connectivity index (χ1v) is 10.2. The van der Waals surface area contributed by atoms with Gasteiger partial charge in [-0.05, 0) is 48.9 Å². The molecule has 4 heteroatoms. The Hall–Kier alpha value is -2.62. The molecule has 2 heterocycles. The van der Waals surface area contributed by atoms with Crippen LogP contribution in [0, 0.1) is 12.7 Å². The van der Waals surface area contributed by atoms with E-state index >= 15 is 0 Å². The fourth-order valence-corrected chi connectivity index (χ4v) is 4.41. The van der Waals surface area contributed by atoms with E-state index in [9.17, 15) is 9.18 Å². The molecule has 0 aliphatic carbocycles. The van der Waals surface area contributed by atoms with Gasteiger partial charge in [0.05, 0.1) is 0 Å². The lowest BCUT2D eigenvalue weighted by Gasteiger charge is -2.22. The fourth-order valence-electron chi connectivity index (χ4n) is 4.41. The van der Waals surface area contributed by atoms with Crippen molar-refractivity contribution < 1.29 is 9.18 Å². The van der Waals surface area contributed by atoms with Crippen molar-refractivity contribution in [2.24, 2.45) is 0 Å². The highest BCUT2D eigenvalue weighted by atomic mass is 19.1. The van der Waals surface area contributed by atoms with Gasteiger partial charge in [-0.3, -0.25) is 4.79 Å². The number of rotatable bonds is 5. The average Bonchev–Trinajstić information content (AvgIpc) is 3.38. The number of carbonyl (C=O) groups excluding carboxylic acids is 1. The first-order chi connectivity index (χ1) is 13.6. The van der Waals surface area contributed by atoms with Crippen molar-refractivity contribution in [3.63, 3.8) is 0 Å². The molecular formula is C24H27FN2O. The second-order valence-corrected chi connectivity index (χ2v) is 7.81. The van der Waals surface area contributed by atoms with Crippen molar-refractivity contribution in [3.8, 4) is 0 Å². The number of likely N-dealkylation sites (tertiary alicyclic amines) is 1. The smallest absolute Gasteiger partial charge is 0.223 e. The van der Waals surface area contributed by atoms with Crippen LogP contribution in [0.3, 0.4) is 0 Å². The van der Waals surface area contributed by atoms with Gasteiger partial charge in [0.15, 0.2) is 0 Å². The summed E-state index contributed by atoms with van der Waals surface area (Å²) in [7, 11) is 0. The number of H-pyrrole nitrogens is 1. The lowest BCUT2D eigenvalue weighted by Crippen LogP contribution is -2.29. The zero-order valence-corrected chi connectivity index (χ0v) is 16.6. The van der Waals surface area contributed by atoms with Crippen LogP contribution in [0.4, 0.5) is 4.39 Å². The number of aromatic nitrogens is 1. The van der Waals surface area contributed by atoms with Crippen molar-refractivity contribution in [2.75, 3.05) is 13.1 Å². The number of nitrogens with one attached hydrogen (secondary N) is 1. The van der Waals surface area contributed by atoms with Crippen molar-refractivity contribution in [3.05, 3.63) is 70.7 Å². The number of aryl methyl sites for hydroxylation is 2. The number of halogens is 1. The van der Waals surface area contributed by atoms with Gasteiger partial charge >= 0.3 is 0 Å². The molecule has 0 spiro atoms. The van der Waals surface area contributed by atoms with Gasteiger partial charge < -0.3 is 9.88 Å². The standard InChI is InChI=1S/C24H27FN2O/c1-3-17-7-6-8-18-21(15-26-24(17)18)19(14-23(28)27-11-4-5-12-27)20-13-16(2)9-10-22(20)25/h6-10,13,15,19,26H,3-5,11-12,14H2,1-2H3. The van der Waals surface area contributed by atoms with Crippen LogP contribution in [0.25, 0.3) is 10.9 Å². The molecule has 0 saturated carbocycles. The molecule has 28 heavy (non-hydrogen) atoms. The Bertz CT molecular complexity index is 1000. The molecule has 2 aromatic carbocycles. The predicted molar refractivity (Wildman–Crippen MR) is 111 cm³/mol. The minimum atomic E-state index is -0.297. The summed E-state index contributed by atoms with van der Waals surface area (Å²) in [5.74, 6) is -0.427. The molecule has 1 amide bonds. The number of aromatic amines is 1. The summed E-state index contributed by atoms with van der Waals surface area (Å²) in [6.45, 7) is 5.72.